The molecular formula is C20H16N4O2. The Labute approximate surface area is 150 Å². The Balaban J connectivity index is 1.79. The Morgan fingerprint density at radius 3 is 2.77 bits per heavy atom. The number of anilines is 1. The number of hydrogen-bond acceptors (Lipinski definition) is 4. The molecule has 1 amide bonds. The Morgan fingerprint density at radius 1 is 1.23 bits per heavy atom. The molecule has 6 nitrogen and oxygen atoms in total. The van der Waals surface area contributed by atoms with Gasteiger partial charge in [0.2, 0.25) is 0 Å². The number of nitriles is 1. The Morgan fingerprint density at radius 2 is 2.04 bits per heavy atom. The molecule has 1 aromatic heterocycles. The molecule has 1 heterocycles. The van der Waals surface area contributed by atoms with Gasteiger partial charge in [-0.1, -0.05) is 36.4 Å². The van der Waals surface area contributed by atoms with Crippen LogP contribution in [0.4, 0.5) is 5.69 Å². The predicted molar refractivity (Wildman–Crippen MR) is 99.2 cm³/mol. The lowest BCUT2D eigenvalue weighted by atomic mass is 10.2. The maximum Gasteiger partial charge on any atom is 0.266 e. The third kappa shape index (κ3) is 3.97. The number of benzene rings is 2. The van der Waals surface area contributed by atoms with E-state index in [2.05, 4.69) is 15.3 Å². The van der Waals surface area contributed by atoms with Gasteiger partial charge in [-0.3, -0.25) is 4.79 Å². The van der Waals surface area contributed by atoms with Gasteiger partial charge in [-0.25, -0.2) is 4.98 Å². The van der Waals surface area contributed by atoms with Crippen molar-refractivity contribution in [1.82, 2.24) is 9.97 Å². The number of rotatable bonds is 5. The molecular weight excluding hydrogens is 328 g/mol. The van der Waals surface area contributed by atoms with E-state index < -0.39 is 5.91 Å². The minimum atomic E-state index is -0.503. The molecule has 128 valence electrons. The second-order valence-electron chi connectivity index (χ2n) is 5.41. The topological polar surface area (TPSA) is 90.8 Å². The maximum absolute atomic E-state index is 12.3. The number of imidazole rings is 1. The number of nitrogens with one attached hydrogen (secondary N) is 2. The van der Waals surface area contributed by atoms with Gasteiger partial charge in [0.15, 0.2) is 0 Å². The van der Waals surface area contributed by atoms with Gasteiger partial charge in [-0.15, -0.1) is 0 Å². The quantitative estimate of drug-likeness (QED) is 0.546. The minimum Gasteiger partial charge on any atom is -0.497 e. The average Bonchev–Trinajstić information content (AvgIpc) is 3.15. The van der Waals surface area contributed by atoms with Crippen molar-refractivity contribution in [1.29, 1.82) is 5.26 Å². The first-order valence-electron chi connectivity index (χ1n) is 7.87. The molecule has 0 radical (unpaired) electrons. The molecule has 6 heteroatoms. The van der Waals surface area contributed by atoms with E-state index >= 15 is 0 Å². The molecule has 2 aromatic carbocycles. The molecule has 0 atom stereocenters. The van der Waals surface area contributed by atoms with E-state index in [1.54, 1.807) is 37.6 Å². The summed E-state index contributed by atoms with van der Waals surface area (Å²) in [6, 6.07) is 18.4. The highest BCUT2D eigenvalue weighted by Gasteiger charge is 2.11. The van der Waals surface area contributed by atoms with Crippen molar-refractivity contribution in [2.24, 2.45) is 0 Å². The second-order valence-corrected chi connectivity index (χ2v) is 5.41. The van der Waals surface area contributed by atoms with Crippen molar-refractivity contribution in [3.63, 3.8) is 0 Å². The molecule has 0 unspecified atom stereocenters. The number of aromatic nitrogens is 2. The lowest BCUT2D eigenvalue weighted by Gasteiger charge is -2.06. The molecule has 0 aliphatic heterocycles. The van der Waals surface area contributed by atoms with Gasteiger partial charge in [-0.2, -0.15) is 5.26 Å². The fraction of sp³-hybridized carbons (Fsp3) is 0.0500. The van der Waals surface area contributed by atoms with Crippen LogP contribution in [0.5, 0.6) is 5.75 Å². The van der Waals surface area contributed by atoms with Gasteiger partial charge >= 0.3 is 0 Å². The first-order valence-corrected chi connectivity index (χ1v) is 7.87. The van der Waals surface area contributed by atoms with Gasteiger partial charge in [0.25, 0.3) is 5.91 Å². The normalized spacial score (nSPS) is 10.8. The van der Waals surface area contributed by atoms with Crippen LogP contribution >= 0.6 is 0 Å². The highest BCUT2D eigenvalue weighted by Crippen LogP contribution is 2.19. The highest BCUT2D eigenvalue weighted by molar-refractivity contribution is 6.09. The van der Waals surface area contributed by atoms with E-state index in [9.17, 15) is 10.1 Å². The van der Waals surface area contributed by atoms with Crippen LogP contribution in [0.15, 0.2) is 66.4 Å². The van der Waals surface area contributed by atoms with Crippen molar-refractivity contribution in [2.45, 2.75) is 0 Å². The number of carbonyl (C=O) groups is 1. The number of amides is 1. The number of carbonyl (C=O) groups excluding carboxylic acids is 1. The summed E-state index contributed by atoms with van der Waals surface area (Å²) in [4.78, 5) is 19.7. The van der Waals surface area contributed by atoms with Gasteiger partial charge in [0, 0.05) is 17.3 Å². The van der Waals surface area contributed by atoms with Gasteiger partial charge in [0.05, 0.1) is 19.0 Å². The number of ether oxygens (including phenoxy) is 1. The number of H-pyrrole nitrogens is 1. The van der Waals surface area contributed by atoms with Crippen molar-refractivity contribution in [3.8, 4) is 23.2 Å². The van der Waals surface area contributed by atoms with Crippen LogP contribution in [0.25, 0.3) is 17.5 Å². The predicted octanol–water partition coefficient (Wildman–Crippen LogP) is 3.63. The van der Waals surface area contributed by atoms with Gasteiger partial charge in [-0.05, 0) is 18.2 Å². The first kappa shape index (κ1) is 17.0. The maximum atomic E-state index is 12.3. The summed E-state index contributed by atoms with van der Waals surface area (Å²) in [6.07, 6.45) is 3.05. The van der Waals surface area contributed by atoms with Crippen molar-refractivity contribution in [2.75, 3.05) is 12.4 Å². The zero-order valence-electron chi connectivity index (χ0n) is 14.1. The number of methoxy groups -OCH3 is 1. The summed E-state index contributed by atoms with van der Waals surface area (Å²) < 4.78 is 5.12. The highest BCUT2D eigenvalue weighted by atomic mass is 16.5. The number of aromatic amines is 1. The molecule has 26 heavy (non-hydrogen) atoms. The van der Waals surface area contributed by atoms with Crippen LogP contribution in [-0.4, -0.2) is 23.0 Å². The smallest absolute Gasteiger partial charge is 0.266 e. The van der Waals surface area contributed by atoms with Crippen molar-refractivity contribution >= 4 is 17.7 Å². The minimum absolute atomic E-state index is 0.0314. The first-order chi connectivity index (χ1) is 12.7. The SMILES string of the molecule is COc1cccc(NC(=O)/C(C#N)=C/c2cnc(-c3ccccc3)[nH]2)c1. The standard InChI is InChI=1S/C20H16N4O2/c1-26-18-9-5-8-16(11-18)24-20(25)15(12-21)10-17-13-22-19(23-17)14-6-3-2-4-7-14/h2-11,13H,1H3,(H,22,23)(H,24,25)/b15-10+. The van der Waals surface area contributed by atoms with E-state index in [1.807, 2.05) is 36.4 Å². The molecule has 0 bridgehead atoms. The van der Waals surface area contributed by atoms with E-state index in [4.69, 9.17) is 4.74 Å². The second kappa shape index (κ2) is 7.81. The van der Waals surface area contributed by atoms with Crippen LogP contribution in [0.1, 0.15) is 5.69 Å². The third-order valence-electron chi connectivity index (χ3n) is 3.64. The molecule has 0 saturated heterocycles. The van der Waals surface area contributed by atoms with Crippen molar-refractivity contribution in [3.05, 3.63) is 72.1 Å². The summed E-state index contributed by atoms with van der Waals surface area (Å²) >= 11 is 0. The van der Waals surface area contributed by atoms with Crippen LogP contribution in [0.2, 0.25) is 0 Å². The average molecular weight is 344 g/mol. The molecule has 0 saturated carbocycles. The monoisotopic (exact) mass is 344 g/mol. The van der Waals surface area contributed by atoms with Crippen LogP contribution in [0.3, 0.4) is 0 Å². The van der Waals surface area contributed by atoms with E-state index in [-0.39, 0.29) is 5.57 Å². The number of hydrogen-bond donors (Lipinski definition) is 2. The zero-order valence-corrected chi connectivity index (χ0v) is 14.1. The lowest BCUT2D eigenvalue weighted by Crippen LogP contribution is -2.13. The van der Waals surface area contributed by atoms with E-state index in [0.29, 0.717) is 23.0 Å². The van der Waals surface area contributed by atoms with E-state index in [1.165, 1.54) is 6.08 Å². The van der Waals surface area contributed by atoms with Crippen molar-refractivity contribution < 1.29 is 9.53 Å². The van der Waals surface area contributed by atoms with Crippen LogP contribution < -0.4 is 10.1 Å². The summed E-state index contributed by atoms with van der Waals surface area (Å²) in [5.74, 6) is 0.783. The summed E-state index contributed by atoms with van der Waals surface area (Å²) in [6.45, 7) is 0. The molecule has 0 aliphatic carbocycles. The summed E-state index contributed by atoms with van der Waals surface area (Å²) in [5.41, 5.74) is 2.01. The molecule has 0 aliphatic rings. The fourth-order valence-electron chi connectivity index (χ4n) is 2.35. The Hall–Kier alpha value is -3.85. The Kier molecular flexibility index (Phi) is 5.11. The van der Waals surface area contributed by atoms with Gasteiger partial charge in [0.1, 0.15) is 23.2 Å². The fourth-order valence-corrected chi connectivity index (χ4v) is 2.35. The molecule has 2 N–H and O–H groups in total. The zero-order chi connectivity index (χ0) is 18.4. The van der Waals surface area contributed by atoms with Crippen LogP contribution in [-0.2, 0) is 4.79 Å². The summed E-state index contributed by atoms with van der Waals surface area (Å²) in [7, 11) is 1.55. The molecule has 3 rings (SSSR count). The van der Waals surface area contributed by atoms with E-state index in [0.717, 1.165) is 5.56 Å². The molecule has 0 spiro atoms. The third-order valence-corrected chi connectivity index (χ3v) is 3.64. The largest absolute Gasteiger partial charge is 0.497 e. The summed E-state index contributed by atoms with van der Waals surface area (Å²) in [5, 5.41) is 12.0. The number of nitrogens with zero attached hydrogens (tertiary/aromatic N) is 2. The van der Waals surface area contributed by atoms with Gasteiger partial charge < -0.3 is 15.0 Å². The Bertz CT molecular complexity index is 984. The lowest BCUT2D eigenvalue weighted by molar-refractivity contribution is -0.112. The molecule has 3 aromatic rings. The molecule has 0 fully saturated rings. The van der Waals surface area contributed by atoms with Crippen LogP contribution in [0, 0.1) is 11.3 Å².